The van der Waals surface area contributed by atoms with Crippen LogP contribution in [0.5, 0.6) is 0 Å². The van der Waals surface area contributed by atoms with Crippen LogP contribution in [0.15, 0.2) is 53.3 Å². The smallest absolute Gasteiger partial charge is 0.412 e. The number of fused-ring (bicyclic) bond motifs is 1. The number of hydrogen-bond acceptors (Lipinski definition) is 4. The third kappa shape index (κ3) is 4.65. The van der Waals surface area contributed by atoms with E-state index in [1.165, 1.54) is 22.8 Å². The Labute approximate surface area is 172 Å². The summed E-state index contributed by atoms with van der Waals surface area (Å²) in [6.07, 6.45) is -0.817. The van der Waals surface area contributed by atoms with Crippen molar-refractivity contribution in [2.75, 3.05) is 10.6 Å². The van der Waals surface area contributed by atoms with E-state index in [9.17, 15) is 18.8 Å². The van der Waals surface area contributed by atoms with Crippen LogP contribution in [-0.4, -0.2) is 22.2 Å². The van der Waals surface area contributed by atoms with Crippen molar-refractivity contribution in [3.8, 4) is 0 Å². The Morgan fingerprint density at radius 2 is 1.73 bits per heavy atom. The Morgan fingerprint density at radius 1 is 1.03 bits per heavy atom. The van der Waals surface area contributed by atoms with Crippen LogP contribution in [0.1, 0.15) is 31.1 Å². The van der Waals surface area contributed by atoms with Gasteiger partial charge in [-0.15, -0.1) is 0 Å². The number of nitrogens with zero attached hydrogens (tertiary/aromatic N) is 1. The lowest BCUT2D eigenvalue weighted by Gasteiger charge is -2.20. The van der Waals surface area contributed by atoms with Crippen LogP contribution in [0, 0.1) is 5.82 Å². The summed E-state index contributed by atoms with van der Waals surface area (Å²) < 4.78 is 20.7. The molecule has 3 aromatic rings. The summed E-state index contributed by atoms with van der Waals surface area (Å²) >= 11 is 0. The number of pyridine rings is 1. The molecule has 2 N–H and O–H groups in total. The summed E-state index contributed by atoms with van der Waals surface area (Å²) in [5.41, 5.74) is -0.160. The zero-order valence-corrected chi connectivity index (χ0v) is 17.1. The molecule has 0 radical (unpaired) electrons. The largest absolute Gasteiger partial charge is 0.444 e. The Hall–Kier alpha value is -3.68. The highest BCUT2D eigenvalue weighted by Crippen LogP contribution is 2.23. The van der Waals surface area contributed by atoms with Gasteiger partial charge in [0, 0.05) is 24.2 Å². The molecule has 8 heteroatoms. The summed E-state index contributed by atoms with van der Waals surface area (Å²) in [4.78, 5) is 37.0. The van der Waals surface area contributed by atoms with Crippen LogP contribution in [0.25, 0.3) is 10.9 Å². The first-order valence-corrected chi connectivity index (χ1v) is 9.25. The molecule has 0 spiro atoms. The van der Waals surface area contributed by atoms with Crippen molar-refractivity contribution in [1.29, 1.82) is 0 Å². The number of carbonyl (C=O) groups excluding carboxylic acids is 2. The third-order valence-corrected chi connectivity index (χ3v) is 4.26. The molecule has 30 heavy (non-hydrogen) atoms. The lowest BCUT2D eigenvalue weighted by molar-refractivity contribution is 0.0635. The number of rotatable bonds is 3. The fraction of sp³-hybridized carbons (Fsp3) is 0.227. The molecule has 0 saturated heterocycles. The van der Waals surface area contributed by atoms with E-state index in [4.69, 9.17) is 4.74 Å². The van der Waals surface area contributed by atoms with E-state index in [2.05, 4.69) is 10.6 Å². The molecule has 0 bridgehead atoms. The molecule has 0 saturated carbocycles. The average Bonchev–Trinajstić information content (AvgIpc) is 2.65. The monoisotopic (exact) mass is 411 g/mol. The highest BCUT2D eigenvalue weighted by Gasteiger charge is 2.18. The first kappa shape index (κ1) is 21.0. The highest BCUT2D eigenvalue weighted by atomic mass is 19.1. The quantitative estimate of drug-likeness (QED) is 0.673. The van der Waals surface area contributed by atoms with Gasteiger partial charge in [0.05, 0.1) is 16.8 Å². The van der Waals surface area contributed by atoms with Gasteiger partial charge in [0.1, 0.15) is 11.4 Å². The number of halogens is 1. The van der Waals surface area contributed by atoms with Crippen molar-refractivity contribution in [3.05, 3.63) is 70.3 Å². The Bertz CT molecular complexity index is 1200. The Morgan fingerprint density at radius 3 is 2.43 bits per heavy atom. The van der Waals surface area contributed by atoms with E-state index < -0.39 is 23.4 Å². The van der Waals surface area contributed by atoms with Gasteiger partial charge in [-0.3, -0.25) is 14.9 Å². The number of hydrogen-bond donors (Lipinski definition) is 2. The molecule has 0 aliphatic rings. The SMILES string of the molecule is Cn1c(=O)cc(C(=O)Nc2ccc(F)c(NC(=O)OC(C)(C)C)c2)c2ccccc21. The summed E-state index contributed by atoms with van der Waals surface area (Å²) in [6.45, 7) is 5.07. The second-order valence-corrected chi connectivity index (χ2v) is 7.75. The van der Waals surface area contributed by atoms with Gasteiger partial charge in [-0.25, -0.2) is 9.18 Å². The van der Waals surface area contributed by atoms with Gasteiger partial charge < -0.3 is 14.6 Å². The van der Waals surface area contributed by atoms with E-state index in [-0.39, 0.29) is 22.5 Å². The summed E-state index contributed by atoms with van der Waals surface area (Å²) in [7, 11) is 1.63. The van der Waals surface area contributed by atoms with Gasteiger partial charge >= 0.3 is 6.09 Å². The number of aryl methyl sites for hydroxylation is 1. The van der Waals surface area contributed by atoms with Crippen molar-refractivity contribution in [3.63, 3.8) is 0 Å². The van der Waals surface area contributed by atoms with Crippen LogP contribution >= 0.6 is 0 Å². The molecule has 0 aliphatic carbocycles. The Kier molecular flexibility index (Phi) is 5.60. The second-order valence-electron chi connectivity index (χ2n) is 7.75. The standard InChI is InChI=1S/C22H22FN3O4/c1-22(2,3)30-21(29)25-17-11-13(9-10-16(17)23)24-20(28)15-12-19(27)26(4)18-8-6-5-7-14(15)18/h5-12H,1-4H3,(H,24,28)(H,25,29). The molecular formula is C22H22FN3O4. The number of nitrogens with one attached hydrogen (secondary N) is 2. The molecule has 0 atom stereocenters. The number of para-hydroxylation sites is 1. The van der Waals surface area contributed by atoms with Gasteiger partial charge in [0.2, 0.25) is 0 Å². The first-order valence-electron chi connectivity index (χ1n) is 9.25. The summed E-state index contributed by atoms with van der Waals surface area (Å²) in [5.74, 6) is -1.21. The summed E-state index contributed by atoms with van der Waals surface area (Å²) in [6, 6.07) is 12.0. The maximum atomic E-state index is 14.1. The first-order chi connectivity index (χ1) is 14.0. The van der Waals surface area contributed by atoms with Crippen molar-refractivity contribution < 1.29 is 18.7 Å². The maximum Gasteiger partial charge on any atom is 0.412 e. The van der Waals surface area contributed by atoms with Crippen molar-refractivity contribution in [2.45, 2.75) is 26.4 Å². The van der Waals surface area contributed by atoms with Gasteiger partial charge in [-0.2, -0.15) is 0 Å². The second kappa shape index (κ2) is 7.98. The third-order valence-electron chi connectivity index (χ3n) is 4.26. The minimum Gasteiger partial charge on any atom is -0.444 e. The molecule has 2 aromatic carbocycles. The zero-order chi connectivity index (χ0) is 22.1. The fourth-order valence-corrected chi connectivity index (χ4v) is 2.91. The van der Waals surface area contributed by atoms with Crippen LogP contribution < -0.4 is 16.2 Å². The van der Waals surface area contributed by atoms with E-state index in [1.807, 2.05) is 0 Å². The highest BCUT2D eigenvalue weighted by molar-refractivity contribution is 6.12. The van der Waals surface area contributed by atoms with Gasteiger partial charge in [-0.1, -0.05) is 18.2 Å². The normalized spacial score (nSPS) is 11.2. The minimum absolute atomic E-state index is 0.143. The minimum atomic E-state index is -0.817. The number of benzene rings is 2. The molecule has 2 amide bonds. The average molecular weight is 411 g/mol. The van der Waals surface area contributed by atoms with Crippen LogP contribution in [-0.2, 0) is 11.8 Å². The van der Waals surface area contributed by atoms with Crippen LogP contribution in [0.3, 0.4) is 0 Å². The van der Waals surface area contributed by atoms with E-state index in [0.29, 0.717) is 10.9 Å². The number of amides is 2. The van der Waals surface area contributed by atoms with E-state index >= 15 is 0 Å². The fourth-order valence-electron chi connectivity index (χ4n) is 2.91. The van der Waals surface area contributed by atoms with Crippen LogP contribution in [0.2, 0.25) is 0 Å². The molecule has 0 fully saturated rings. The number of anilines is 2. The van der Waals surface area contributed by atoms with E-state index in [1.54, 1.807) is 52.1 Å². The Balaban J connectivity index is 1.88. The predicted octanol–water partition coefficient (Wildman–Crippen LogP) is 4.28. The molecule has 1 aromatic heterocycles. The molecule has 0 aliphatic heterocycles. The van der Waals surface area contributed by atoms with E-state index in [0.717, 1.165) is 6.07 Å². The lowest BCUT2D eigenvalue weighted by atomic mass is 10.1. The molecule has 0 unspecified atom stereocenters. The molecular weight excluding hydrogens is 389 g/mol. The zero-order valence-electron chi connectivity index (χ0n) is 17.1. The number of carbonyl (C=O) groups is 2. The number of ether oxygens (including phenoxy) is 1. The van der Waals surface area contributed by atoms with Crippen molar-refractivity contribution in [1.82, 2.24) is 4.57 Å². The van der Waals surface area contributed by atoms with Crippen LogP contribution in [0.4, 0.5) is 20.6 Å². The van der Waals surface area contributed by atoms with Crippen molar-refractivity contribution in [2.24, 2.45) is 7.05 Å². The topological polar surface area (TPSA) is 89.4 Å². The maximum absolute atomic E-state index is 14.1. The molecule has 1 heterocycles. The molecule has 7 nitrogen and oxygen atoms in total. The number of aromatic nitrogens is 1. The predicted molar refractivity (Wildman–Crippen MR) is 113 cm³/mol. The van der Waals surface area contributed by atoms with Crippen molar-refractivity contribution >= 4 is 34.3 Å². The lowest BCUT2D eigenvalue weighted by Crippen LogP contribution is -2.27. The van der Waals surface area contributed by atoms with Gasteiger partial charge in [0.25, 0.3) is 11.5 Å². The molecule has 3 rings (SSSR count). The molecule has 156 valence electrons. The summed E-state index contributed by atoms with van der Waals surface area (Å²) in [5, 5.41) is 5.57. The van der Waals surface area contributed by atoms with Gasteiger partial charge in [-0.05, 0) is 45.0 Å². The van der Waals surface area contributed by atoms with Gasteiger partial charge in [0.15, 0.2) is 0 Å².